The lowest BCUT2D eigenvalue weighted by Gasteiger charge is -2.18. The summed E-state index contributed by atoms with van der Waals surface area (Å²) in [6, 6.07) is 15.8. The molecule has 0 aliphatic carbocycles. The first-order valence-electron chi connectivity index (χ1n) is 9.09. The Morgan fingerprint density at radius 2 is 1.93 bits per heavy atom. The zero-order valence-corrected chi connectivity index (χ0v) is 17.3. The standard InChI is InChI=1S/C21H21N5O3S/c1-14-10-17(8-9-19(14)30(2,28)29)24-21-23-12-16(11-22)20(26-21)25-18(13-27)15-6-4-3-5-7-15/h3-10,12,18,27H,13H2,1-2H3,(H2,23,24,25,26)/t18-/m1/s1. The van der Waals surface area contributed by atoms with E-state index in [4.69, 9.17) is 0 Å². The van der Waals surface area contributed by atoms with Gasteiger partial charge in [0.2, 0.25) is 5.95 Å². The minimum absolute atomic E-state index is 0.187. The van der Waals surface area contributed by atoms with E-state index in [-0.39, 0.29) is 28.8 Å². The van der Waals surface area contributed by atoms with E-state index in [1.165, 1.54) is 12.3 Å². The van der Waals surface area contributed by atoms with Crippen LogP contribution < -0.4 is 10.6 Å². The van der Waals surface area contributed by atoms with Gasteiger partial charge in [0.1, 0.15) is 17.5 Å². The maximum Gasteiger partial charge on any atom is 0.229 e. The van der Waals surface area contributed by atoms with Crippen molar-refractivity contribution < 1.29 is 13.5 Å². The number of aliphatic hydroxyl groups excluding tert-OH is 1. The number of nitriles is 1. The molecular weight excluding hydrogens is 402 g/mol. The van der Waals surface area contributed by atoms with Crippen molar-refractivity contribution in [3.63, 3.8) is 0 Å². The van der Waals surface area contributed by atoms with Crippen LogP contribution in [0.1, 0.15) is 22.7 Å². The number of aryl methyl sites for hydroxylation is 1. The van der Waals surface area contributed by atoms with Gasteiger partial charge < -0.3 is 15.7 Å². The first-order chi connectivity index (χ1) is 14.3. The number of sulfone groups is 1. The molecule has 2 aromatic carbocycles. The summed E-state index contributed by atoms with van der Waals surface area (Å²) in [6.45, 7) is 1.52. The predicted octanol–water partition coefficient (Wildman–Crippen LogP) is 2.95. The summed E-state index contributed by atoms with van der Waals surface area (Å²) in [5, 5.41) is 25.3. The van der Waals surface area contributed by atoms with Crippen molar-refractivity contribution in [3.8, 4) is 6.07 Å². The lowest BCUT2D eigenvalue weighted by Crippen LogP contribution is -2.17. The van der Waals surface area contributed by atoms with Gasteiger partial charge in [-0.3, -0.25) is 0 Å². The molecule has 0 saturated carbocycles. The Labute approximate surface area is 175 Å². The van der Waals surface area contributed by atoms with Gasteiger partial charge in [-0.15, -0.1) is 0 Å². The van der Waals surface area contributed by atoms with E-state index in [1.54, 1.807) is 19.1 Å². The Hall–Kier alpha value is -3.48. The second kappa shape index (κ2) is 8.90. The van der Waals surface area contributed by atoms with Crippen molar-refractivity contribution in [1.29, 1.82) is 5.26 Å². The Balaban J connectivity index is 1.88. The summed E-state index contributed by atoms with van der Waals surface area (Å²) in [6.07, 6.45) is 2.54. The number of anilines is 3. The predicted molar refractivity (Wildman–Crippen MR) is 114 cm³/mol. The monoisotopic (exact) mass is 423 g/mol. The molecule has 0 spiro atoms. The molecule has 0 radical (unpaired) electrons. The van der Waals surface area contributed by atoms with E-state index < -0.39 is 15.9 Å². The van der Waals surface area contributed by atoms with E-state index >= 15 is 0 Å². The quantitative estimate of drug-likeness (QED) is 0.529. The van der Waals surface area contributed by atoms with Gasteiger partial charge in [-0.1, -0.05) is 30.3 Å². The molecule has 154 valence electrons. The molecular formula is C21H21N5O3S. The number of rotatable bonds is 7. The maximum absolute atomic E-state index is 11.8. The zero-order chi connectivity index (χ0) is 21.7. The van der Waals surface area contributed by atoms with Crippen LogP contribution in [-0.4, -0.2) is 36.4 Å². The van der Waals surface area contributed by atoms with E-state index in [2.05, 4.69) is 20.6 Å². The Kier molecular flexibility index (Phi) is 6.30. The molecule has 30 heavy (non-hydrogen) atoms. The minimum atomic E-state index is -3.31. The second-order valence-corrected chi connectivity index (χ2v) is 8.72. The molecule has 0 saturated heterocycles. The molecule has 8 nitrogen and oxygen atoms in total. The number of hydrogen-bond acceptors (Lipinski definition) is 8. The zero-order valence-electron chi connectivity index (χ0n) is 16.5. The third-order valence-corrected chi connectivity index (χ3v) is 5.69. The van der Waals surface area contributed by atoms with E-state index in [0.29, 0.717) is 11.3 Å². The fourth-order valence-electron chi connectivity index (χ4n) is 2.99. The molecule has 0 amide bonds. The third kappa shape index (κ3) is 4.92. The van der Waals surface area contributed by atoms with Crippen molar-refractivity contribution in [2.45, 2.75) is 17.9 Å². The summed E-state index contributed by atoms with van der Waals surface area (Å²) in [5.41, 5.74) is 2.29. The second-order valence-electron chi connectivity index (χ2n) is 6.74. The SMILES string of the molecule is Cc1cc(Nc2ncc(C#N)c(N[C@H](CO)c3ccccc3)n2)ccc1S(C)(=O)=O. The highest BCUT2D eigenvalue weighted by molar-refractivity contribution is 7.90. The van der Waals surface area contributed by atoms with Gasteiger partial charge in [0.05, 0.1) is 23.7 Å². The summed E-state index contributed by atoms with van der Waals surface area (Å²) >= 11 is 0. The summed E-state index contributed by atoms with van der Waals surface area (Å²) in [5.74, 6) is 0.509. The average molecular weight is 423 g/mol. The van der Waals surface area contributed by atoms with E-state index in [1.807, 2.05) is 36.4 Å². The molecule has 0 aliphatic rings. The van der Waals surface area contributed by atoms with Crippen LogP contribution in [0.5, 0.6) is 0 Å². The Morgan fingerprint density at radius 1 is 1.20 bits per heavy atom. The van der Waals surface area contributed by atoms with Gasteiger partial charge in [-0.25, -0.2) is 13.4 Å². The lowest BCUT2D eigenvalue weighted by molar-refractivity contribution is 0.276. The van der Waals surface area contributed by atoms with E-state index in [0.717, 1.165) is 11.8 Å². The number of nitrogens with one attached hydrogen (secondary N) is 2. The van der Waals surface area contributed by atoms with Crippen LogP contribution in [0.2, 0.25) is 0 Å². The minimum Gasteiger partial charge on any atom is -0.394 e. The third-order valence-electron chi connectivity index (χ3n) is 4.44. The summed E-state index contributed by atoms with van der Waals surface area (Å²) < 4.78 is 23.6. The largest absolute Gasteiger partial charge is 0.394 e. The van der Waals surface area contributed by atoms with Gasteiger partial charge in [0, 0.05) is 11.9 Å². The van der Waals surface area contributed by atoms with Crippen LogP contribution in [-0.2, 0) is 9.84 Å². The molecule has 3 rings (SSSR count). The van der Waals surface area contributed by atoms with Crippen LogP contribution in [0.25, 0.3) is 0 Å². The van der Waals surface area contributed by atoms with Gasteiger partial charge in [0.25, 0.3) is 0 Å². The van der Waals surface area contributed by atoms with Gasteiger partial charge >= 0.3 is 0 Å². The molecule has 3 N–H and O–H groups in total. The summed E-state index contributed by atoms with van der Waals surface area (Å²) in [7, 11) is -3.31. The molecule has 1 atom stereocenters. The molecule has 9 heteroatoms. The molecule has 0 bridgehead atoms. The Morgan fingerprint density at radius 3 is 2.53 bits per heavy atom. The van der Waals surface area contributed by atoms with Crippen LogP contribution in [0.3, 0.4) is 0 Å². The van der Waals surface area contributed by atoms with Crippen molar-refractivity contribution >= 4 is 27.3 Å². The van der Waals surface area contributed by atoms with Gasteiger partial charge in [0.15, 0.2) is 9.84 Å². The van der Waals surface area contributed by atoms with Gasteiger partial charge in [-0.05, 0) is 36.2 Å². The smallest absolute Gasteiger partial charge is 0.229 e. The molecule has 0 aliphatic heterocycles. The van der Waals surface area contributed by atoms with Crippen molar-refractivity contribution in [1.82, 2.24) is 9.97 Å². The fraction of sp³-hybridized carbons (Fsp3) is 0.190. The van der Waals surface area contributed by atoms with E-state index in [9.17, 15) is 18.8 Å². The normalized spacial score (nSPS) is 12.1. The molecule has 0 unspecified atom stereocenters. The highest BCUT2D eigenvalue weighted by Crippen LogP contribution is 2.24. The van der Waals surface area contributed by atoms with Gasteiger partial charge in [-0.2, -0.15) is 10.2 Å². The Bertz CT molecular complexity index is 1190. The topological polar surface area (TPSA) is 128 Å². The average Bonchev–Trinajstić information content (AvgIpc) is 2.72. The highest BCUT2D eigenvalue weighted by atomic mass is 32.2. The van der Waals surface area contributed by atoms with Crippen LogP contribution >= 0.6 is 0 Å². The first-order valence-corrected chi connectivity index (χ1v) is 11.0. The molecule has 0 fully saturated rings. The van der Waals surface area contributed by atoms with Crippen molar-refractivity contribution in [2.24, 2.45) is 0 Å². The summed E-state index contributed by atoms with van der Waals surface area (Å²) in [4.78, 5) is 8.77. The van der Waals surface area contributed by atoms with Crippen LogP contribution in [0.4, 0.5) is 17.5 Å². The number of hydrogen-bond donors (Lipinski definition) is 3. The van der Waals surface area contributed by atoms with Crippen LogP contribution in [0, 0.1) is 18.3 Å². The number of aromatic nitrogens is 2. The maximum atomic E-state index is 11.8. The fourth-order valence-corrected chi connectivity index (χ4v) is 3.95. The number of nitrogens with zero attached hydrogens (tertiary/aromatic N) is 3. The number of benzene rings is 2. The van der Waals surface area contributed by atoms with Crippen LogP contribution in [0.15, 0.2) is 59.6 Å². The molecule has 3 aromatic rings. The lowest BCUT2D eigenvalue weighted by atomic mass is 10.1. The van der Waals surface area contributed by atoms with Crippen molar-refractivity contribution in [2.75, 3.05) is 23.5 Å². The molecule has 1 heterocycles. The first kappa shape index (κ1) is 21.2. The van der Waals surface area contributed by atoms with Crippen molar-refractivity contribution in [3.05, 3.63) is 71.4 Å². The number of aliphatic hydroxyl groups is 1. The highest BCUT2D eigenvalue weighted by Gasteiger charge is 2.15. The molecule has 1 aromatic heterocycles.